The van der Waals surface area contributed by atoms with Crippen LogP contribution in [0.25, 0.3) is 11.1 Å². The molecule has 1 N–H and O–H groups in total. The molecule has 1 amide bonds. The molecule has 6 heteroatoms. The third kappa shape index (κ3) is 7.54. The van der Waals surface area contributed by atoms with Crippen molar-refractivity contribution in [2.45, 2.75) is 57.9 Å². The zero-order valence-electron chi connectivity index (χ0n) is 20.5. The first-order valence-corrected chi connectivity index (χ1v) is 12.9. The number of carbonyl (C=O) groups excluding carboxylic acids is 1. The SMILES string of the molecule is C[C@@H](NC(=O)Cc1ccc(-c2ccc(OCCCN3CCOCC3)cc2)cn1)C1CCCCC1. The van der Waals surface area contributed by atoms with E-state index in [1.165, 1.54) is 32.1 Å². The Balaban J connectivity index is 1.20. The van der Waals surface area contributed by atoms with Crippen molar-refractivity contribution < 1.29 is 14.3 Å². The molecule has 1 saturated carbocycles. The zero-order chi connectivity index (χ0) is 23.6. The number of rotatable bonds is 10. The summed E-state index contributed by atoms with van der Waals surface area (Å²) in [5.41, 5.74) is 2.94. The maximum absolute atomic E-state index is 12.5. The first-order valence-electron chi connectivity index (χ1n) is 12.9. The second kappa shape index (κ2) is 12.9. The summed E-state index contributed by atoms with van der Waals surface area (Å²) in [6.45, 7) is 7.63. The summed E-state index contributed by atoms with van der Waals surface area (Å²) in [5, 5.41) is 3.19. The van der Waals surface area contributed by atoms with Crippen molar-refractivity contribution in [3.8, 4) is 16.9 Å². The topological polar surface area (TPSA) is 63.7 Å². The van der Waals surface area contributed by atoms with Gasteiger partial charge in [-0.1, -0.05) is 37.5 Å². The fourth-order valence-corrected chi connectivity index (χ4v) is 4.97. The van der Waals surface area contributed by atoms with E-state index in [0.717, 1.165) is 61.8 Å². The number of nitrogens with one attached hydrogen (secondary N) is 1. The number of ether oxygens (including phenoxy) is 2. The standard InChI is InChI=1S/C28H39N3O3/c1-22(23-6-3-2-4-7-23)30-28(32)20-26-11-8-25(21-29-26)24-9-12-27(13-10-24)34-17-5-14-31-15-18-33-19-16-31/h8-13,21-23H,2-7,14-20H2,1H3,(H,30,32)/t22-/m1/s1. The highest BCUT2D eigenvalue weighted by Crippen LogP contribution is 2.26. The molecule has 1 aliphatic heterocycles. The molecule has 0 bridgehead atoms. The minimum absolute atomic E-state index is 0.0634. The van der Waals surface area contributed by atoms with E-state index in [2.05, 4.69) is 34.3 Å². The third-order valence-electron chi connectivity index (χ3n) is 7.09. The van der Waals surface area contributed by atoms with Crippen LogP contribution in [0.5, 0.6) is 5.75 Å². The lowest BCUT2D eigenvalue weighted by Crippen LogP contribution is -2.39. The van der Waals surface area contributed by atoms with Gasteiger partial charge in [0.05, 0.1) is 26.2 Å². The maximum atomic E-state index is 12.5. The maximum Gasteiger partial charge on any atom is 0.226 e. The summed E-state index contributed by atoms with van der Waals surface area (Å²) in [6.07, 6.45) is 9.56. The summed E-state index contributed by atoms with van der Waals surface area (Å²) in [5.74, 6) is 1.57. The number of pyridine rings is 1. The number of benzene rings is 1. The molecule has 4 rings (SSSR count). The van der Waals surface area contributed by atoms with E-state index >= 15 is 0 Å². The van der Waals surface area contributed by atoms with Crippen LogP contribution < -0.4 is 10.1 Å². The molecule has 2 heterocycles. The average Bonchev–Trinajstić information content (AvgIpc) is 2.88. The summed E-state index contributed by atoms with van der Waals surface area (Å²) >= 11 is 0. The smallest absolute Gasteiger partial charge is 0.226 e. The van der Waals surface area contributed by atoms with Crippen molar-refractivity contribution in [2.24, 2.45) is 5.92 Å². The summed E-state index contributed by atoms with van der Waals surface area (Å²) < 4.78 is 11.3. The number of aromatic nitrogens is 1. The van der Waals surface area contributed by atoms with Crippen molar-refractivity contribution in [1.29, 1.82) is 0 Å². The number of hydrogen-bond donors (Lipinski definition) is 1. The van der Waals surface area contributed by atoms with E-state index in [9.17, 15) is 4.79 Å². The number of carbonyl (C=O) groups is 1. The van der Waals surface area contributed by atoms with Gasteiger partial charge < -0.3 is 14.8 Å². The minimum Gasteiger partial charge on any atom is -0.494 e. The van der Waals surface area contributed by atoms with E-state index in [0.29, 0.717) is 18.9 Å². The molecule has 1 aromatic heterocycles. The van der Waals surface area contributed by atoms with Gasteiger partial charge in [0.1, 0.15) is 5.75 Å². The molecule has 1 saturated heterocycles. The van der Waals surface area contributed by atoms with Crippen LogP contribution in [0.4, 0.5) is 0 Å². The molecule has 2 aromatic rings. The number of amides is 1. The van der Waals surface area contributed by atoms with Crippen LogP contribution in [0.3, 0.4) is 0 Å². The van der Waals surface area contributed by atoms with Gasteiger partial charge in [-0.15, -0.1) is 0 Å². The van der Waals surface area contributed by atoms with Crippen molar-refractivity contribution in [3.63, 3.8) is 0 Å². The normalized spacial score (nSPS) is 18.4. The molecule has 2 fully saturated rings. The molecule has 34 heavy (non-hydrogen) atoms. The van der Waals surface area contributed by atoms with Gasteiger partial charge in [0, 0.05) is 43.1 Å². The first-order chi connectivity index (χ1) is 16.7. The van der Waals surface area contributed by atoms with Crippen LogP contribution in [0.15, 0.2) is 42.6 Å². The molecule has 184 valence electrons. The second-order valence-electron chi connectivity index (χ2n) is 9.65. The molecular weight excluding hydrogens is 426 g/mol. The summed E-state index contributed by atoms with van der Waals surface area (Å²) in [4.78, 5) is 19.4. The summed E-state index contributed by atoms with van der Waals surface area (Å²) in [6, 6.07) is 12.4. The van der Waals surface area contributed by atoms with Gasteiger partial charge in [0.15, 0.2) is 0 Å². The van der Waals surface area contributed by atoms with E-state index in [4.69, 9.17) is 9.47 Å². The van der Waals surface area contributed by atoms with Crippen molar-refractivity contribution in [3.05, 3.63) is 48.3 Å². The molecule has 1 atom stereocenters. The van der Waals surface area contributed by atoms with Crippen LogP contribution >= 0.6 is 0 Å². The predicted octanol–water partition coefficient (Wildman–Crippen LogP) is 4.48. The van der Waals surface area contributed by atoms with Gasteiger partial charge in [0.2, 0.25) is 5.91 Å². The average molecular weight is 466 g/mol. The lowest BCUT2D eigenvalue weighted by Gasteiger charge is -2.28. The van der Waals surface area contributed by atoms with Crippen LogP contribution in [-0.2, 0) is 16.0 Å². The quantitative estimate of drug-likeness (QED) is 0.524. The van der Waals surface area contributed by atoms with E-state index in [1.54, 1.807) is 0 Å². The van der Waals surface area contributed by atoms with Crippen LogP contribution in [0, 0.1) is 5.92 Å². The number of hydrogen-bond acceptors (Lipinski definition) is 5. The van der Waals surface area contributed by atoms with Crippen LogP contribution in [0.2, 0.25) is 0 Å². The van der Waals surface area contributed by atoms with Gasteiger partial charge in [-0.3, -0.25) is 14.7 Å². The fraction of sp³-hybridized carbons (Fsp3) is 0.571. The van der Waals surface area contributed by atoms with Gasteiger partial charge in [-0.05, 0) is 55.9 Å². The van der Waals surface area contributed by atoms with Crippen molar-refractivity contribution >= 4 is 5.91 Å². The Bertz CT molecular complexity index is 873. The summed E-state index contributed by atoms with van der Waals surface area (Å²) in [7, 11) is 0. The Kier molecular flexibility index (Phi) is 9.34. The molecular formula is C28H39N3O3. The van der Waals surface area contributed by atoms with E-state index in [1.807, 2.05) is 30.5 Å². The second-order valence-corrected chi connectivity index (χ2v) is 9.65. The first kappa shape index (κ1) is 24.7. The molecule has 0 unspecified atom stereocenters. The number of nitrogens with zero attached hydrogens (tertiary/aromatic N) is 2. The van der Waals surface area contributed by atoms with Crippen LogP contribution in [0.1, 0.15) is 51.1 Å². The Morgan fingerprint density at radius 1 is 1.09 bits per heavy atom. The predicted molar refractivity (Wildman–Crippen MR) is 135 cm³/mol. The highest BCUT2D eigenvalue weighted by molar-refractivity contribution is 5.78. The van der Waals surface area contributed by atoms with Gasteiger partial charge in [-0.25, -0.2) is 0 Å². The minimum atomic E-state index is 0.0634. The van der Waals surface area contributed by atoms with Gasteiger partial charge >= 0.3 is 0 Å². The Morgan fingerprint density at radius 2 is 1.82 bits per heavy atom. The Labute approximate surface area is 204 Å². The van der Waals surface area contributed by atoms with Crippen LogP contribution in [-0.4, -0.2) is 61.3 Å². The van der Waals surface area contributed by atoms with Gasteiger partial charge in [-0.2, -0.15) is 0 Å². The lowest BCUT2D eigenvalue weighted by molar-refractivity contribution is -0.121. The largest absolute Gasteiger partial charge is 0.494 e. The molecule has 1 aliphatic carbocycles. The third-order valence-corrected chi connectivity index (χ3v) is 7.09. The van der Waals surface area contributed by atoms with Crippen molar-refractivity contribution in [2.75, 3.05) is 39.5 Å². The van der Waals surface area contributed by atoms with E-state index in [-0.39, 0.29) is 11.9 Å². The number of morpholine rings is 1. The van der Waals surface area contributed by atoms with Crippen molar-refractivity contribution in [1.82, 2.24) is 15.2 Å². The Hall–Kier alpha value is -2.44. The molecule has 0 spiro atoms. The molecule has 2 aliphatic rings. The highest BCUT2D eigenvalue weighted by atomic mass is 16.5. The monoisotopic (exact) mass is 465 g/mol. The van der Waals surface area contributed by atoms with Gasteiger partial charge in [0.25, 0.3) is 0 Å². The highest BCUT2D eigenvalue weighted by Gasteiger charge is 2.21. The Morgan fingerprint density at radius 3 is 2.53 bits per heavy atom. The molecule has 1 aromatic carbocycles. The lowest BCUT2D eigenvalue weighted by atomic mass is 9.84. The zero-order valence-corrected chi connectivity index (χ0v) is 20.5. The van der Waals surface area contributed by atoms with E-state index < -0.39 is 0 Å². The molecule has 0 radical (unpaired) electrons. The fourth-order valence-electron chi connectivity index (χ4n) is 4.97. The molecule has 6 nitrogen and oxygen atoms in total.